The standard InChI is InChI=1S/C10H14N8/c11-17-9-14-8(13-5-7-1-2-7)15-10(16-9)18-4-3-12-6-18/h3-4,6-7H,1-2,5,11H2,(H2,13,14,15,16,17). The molecule has 0 bridgehead atoms. The van der Waals surface area contributed by atoms with Crippen LogP contribution in [-0.2, 0) is 0 Å². The molecule has 4 N–H and O–H groups in total. The molecule has 0 spiro atoms. The minimum absolute atomic E-state index is 0.326. The summed E-state index contributed by atoms with van der Waals surface area (Å²) in [5, 5.41) is 3.19. The lowest BCUT2D eigenvalue weighted by Gasteiger charge is -2.08. The lowest BCUT2D eigenvalue weighted by molar-refractivity contribution is 0.848. The first-order chi connectivity index (χ1) is 8.85. The Morgan fingerprint density at radius 3 is 2.78 bits per heavy atom. The number of nitrogens with one attached hydrogen (secondary N) is 2. The molecular weight excluding hydrogens is 232 g/mol. The van der Waals surface area contributed by atoms with Crippen LogP contribution >= 0.6 is 0 Å². The van der Waals surface area contributed by atoms with Crippen LogP contribution in [0, 0.1) is 5.92 Å². The predicted molar refractivity (Wildman–Crippen MR) is 66.0 cm³/mol. The van der Waals surface area contributed by atoms with Crippen LogP contribution < -0.4 is 16.6 Å². The summed E-state index contributed by atoms with van der Waals surface area (Å²) in [6, 6.07) is 0. The van der Waals surface area contributed by atoms with E-state index >= 15 is 0 Å². The van der Waals surface area contributed by atoms with Crippen molar-refractivity contribution in [2.45, 2.75) is 12.8 Å². The molecule has 1 fully saturated rings. The van der Waals surface area contributed by atoms with Gasteiger partial charge in [0, 0.05) is 18.9 Å². The molecule has 0 amide bonds. The number of anilines is 2. The molecule has 3 rings (SSSR count). The molecule has 0 aromatic carbocycles. The summed E-state index contributed by atoms with van der Waals surface area (Å²) >= 11 is 0. The Morgan fingerprint density at radius 1 is 1.28 bits per heavy atom. The van der Waals surface area contributed by atoms with Crippen LogP contribution in [0.2, 0.25) is 0 Å². The van der Waals surface area contributed by atoms with E-state index in [4.69, 9.17) is 5.84 Å². The normalized spacial score (nSPS) is 14.5. The Hall–Kier alpha value is -2.22. The fourth-order valence-corrected chi connectivity index (χ4v) is 1.56. The second-order valence-corrected chi connectivity index (χ2v) is 4.22. The van der Waals surface area contributed by atoms with Crippen molar-refractivity contribution in [3.63, 3.8) is 0 Å². The zero-order valence-electron chi connectivity index (χ0n) is 9.74. The van der Waals surface area contributed by atoms with Gasteiger partial charge in [0.05, 0.1) is 0 Å². The summed E-state index contributed by atoms with van der Waals surface area (Å²) in [7, 11) is 0. The molecule has 1 aliphatic carbocycles. The third-order valence-electron chi connectivity index (χ3n) is 2.73. The SMILES string of the molecule is NNc1nc(NCC2CC2)nc(-n2ccnc2)n1. The lowest BCUT2D eigenvalue weighted by Crippen LogP contribution is -2.16. The van der Waals surface area contributed by atoms with Gasteiger partial charge in [-0.1, -0.05) is 0 Å². The molecule has 0 atom stereocenters. The maximum absolute atomic E-state index is 5.35. The summed E-state index contributed by atoms with van der Waals surface area (Å²) < 4.78 is 1.70. The first kappa shape index (κ1) is 10.9. The number of aromatic nitrogens is 5. The van der Waals surface area contributed by atoms with E-state index in [0.717, 1.165) is 12.5 Å². The number of hydrogen-bond acceptors (Lipinski definition) is 7. The minimum Gasteiger partial charge on any atom is -0.354 e. The van der Waals surface area contributed by atoms with E-state index in [2.05, 4.69) is 30.7 Å². The van der Waals surface area contributed by atoms with Crippen LogP contribution in [0.5, 0.6) is 0 Å². The van der Waals surface area contributed by atoms with Gasteiger partial charge < -0.3 is 5.32 Å². The number of imidazole rings is 1. The van der Waals surface area contributed by atoms with Gasteiger partial charge in [0.15, 0.2) is 0 Å². The van der Waals surface area contributed by atoms with E-state index in [1.807, 2.05) is 0 Å². The zero-order chi connectivity index (χ0) is 12.4. The van der Waals surface area contributed by atoms with Gasteiger partial charge in [-0.05, 0) is 18.8 Å². The highest BCUT2D eigenvalue weighted by Crippen LogP contribution is 2.28. The maximum atomic E-state index is 5.35. The molecule has 2 aromatic heterocycles. The van der Waals surface area contributed by atoms with Crippen molar-refractivity contribution in [3.8, 4) is 5.95 Å². The average Bonchev–Trinajstić information content (AvgIpc) is 3.07. The van der Waals surface area contributed by atoms with E-state index in [-0.39, 0.29) is 0 Å². The topological polar surface area (TPSA) is 107 Å². The molecule has 2 aromatic rings. The number of nitrogens with zero attached hydrogens (tertiary/aromatic N) is 5. The summed E-state index contributed by atoms with van der Waals surface area (Å²) in [6.45, 7) is 0.886. The average molecular weight is 246 g/mol. The van der Waals surface area contributed by atoms with Gasteiger partial charge in [-0.3, -0.25) is 9.99 Å². The summed E-state index contributed by atoms with van der Waals surface area (Å²) in [5.74, 6) is 7.43. The third kappa shape index (κ3) is 2.38. The van der Waals surface area contributed by atoms with Crippen LogP contribution in [0.3, 0.4) is 0 Å². The number of nitrogens with two attached hydrogens (primary N) is 1. The molecule has 0 aliphatic heterocycles. The highest BCUT2D eigenvalue weighted by Gasteiger charge is 2.21. The van der Waals surface area contributed by atoms with Gasteiger partial charge in [0.1, 0.15) is 6.33 Å². The van der Waals surface area contributed by atoms with Crippen LogP contribution in [-0.4, -0.2) is 31.0 Å². The molecule has 1 saturated carbocycles. The van der Waals surface area contributed by atoms with E-state index in [0.29, 0.717) is 17.8 Å². The maximum Gasteiger partial charge on any atom is 0.243 e. The van der Waals surface area contributed by atoms with Gasteiger partial charge >= 0.3 is 0 Å². The van der Waals surface area contributed by atoms with Crippen molar-refractivity contribution in [1.82, 2.24) is 24.5 Å². The Morgan fingerprint density at radius 2 is 2.11 bits per heavy atom. The van der Waals surface area contributed by atoms with Crippen molar-refractivity contribution in [2.24, 2.45) is 11.8 Å². The molecule has 1 aliphatic rings. The number of nitrogen functional groups attached to an aromatic ring is 1. The van der Waals surface area contributed by atoms with Gasteiger partial charge in [-0.15, -0.1) is 0 Å². The molecule has 2 heterocycles. The first-order valence-corrected chi connectivity index (χ1v) is 5.80. The molecule has 8 heteroatoms. The summed E-state index contributed by atoms with van der Waals surface area (Å²) in [4.78, 5) is 16.6. The Kier molecular flexibility index (Phi) is 2.77. The monoisotopic (exact) mass is 246 g/mol. The van der Waals surface area contributed by atoms with Crippen molar-refractivity contribution in [2.75, 3.05) is 17.3 Å². The van der Waals surface area contributed by atoms with E-state index in [1.54, 1.807) is 23.3 Å². The Balaban J connectivity index is 1.85. The number of hydrogen-bond donors (Lipinski definition) is 3. The van der Waals surface area contributed by atoms with E-state index < -0.39 is 0 Å². The predicted octanol–water partition coefficient (Wildman–Crippen LogP) is 0.165. The van der Waals surface area contributed by atoms with Crippen molar-refractivity contribution in [3.05, 3.63) is 18.7 Å². The van der Waals surface area contributed by atoms with Crippen molar-refractivity contribution < 1.29 is 0 Å². The largest absolute Gasteiger partial charge is 0.354 e. The molecule has 0 radical (unpaired) electrons. The van der Waals surface area contributed by atoms with Crippen molar-refractivity contribution >= 4 is 11.9 Å². The summed E-state index contributed by atoms with van der Waals surface area (Å²) in [5.41, 5.74) is 2.44. The third-order valence-corrected chi connectivity index (χ3v) is 2.73. The Labute approximate surface area is 104 Å². The number of rotatable bonds is 5. The highest BCUT2D eigenvalue weighted by atomic mass is 15.4. The zero-order valence-corrected chi connectivity index (χ0v) is 9.74. The van der Waals surface area contributed by atoms with E-state index in [9.17, 15) is 0 Å². The van der Waals surface area contributed by atoms with Crippen LogP contribution in [0.4, 0.5) is 11.9 Å². The second-order valence-electron chi connectivity index (χ2n) is 4.22. The van der Waals surface area contributed by atoms with Crippen molar-refractivity contribution in [1.29, 1.82) is 0 Å². The highest BCUT2D eigenvalue weighted by molar-refractivity contribution is 5.37. The number of hydrazine groups is 1. The van der Waals surface area contributed by atoms with Crippen LogP contribution in [0.25, 0.3) is 5.95 Å². The fraction of sp³-hybridized carbons (Fsp3) is 0.400. The smallest absolute Gasteiger partial charge is 0.243 e. The lowest BCUT2D eigenvalue weighted by atomic mass is 10.4. The van der Waals surface area contributed by atoms with Gasteiger partial charge in [-0.2, -0.15) is 15.0 Å². The van der Waals surface area contributed by atoms with Crippen LogP contribution in [0.1, 0.15) is 12.8 Å². The van der Waals surface area contributed by atoms with E-state index in [1.165, 1.54) is 12.8 Å². The second kappa shape index (κ2) is 4.57. The van der Waals surface area contributed by atoms with Gasteiger partial charge in [-0.25, -0.2) is 10.8 Å². The first-order valence-electron chi connectivity index (χ1n) is 5.80. The molecule has 0 saturated heterocycles. The summed E-state index contributed by atoms with van der Waals surface area (Å²) in [6.07, 6.45) is 7.60. The molecule has 18 heavy (non-hydrogen) atoms. The molecule has 94 valence electrons. The quantitative estimate of drug-likeness (QED) is 0.509. The molecular formula is C10H14N8. The molecule has 0 unspecified atom stereocenters. The van der Waals surface area contributed by atoms with Gasteiger partial charge in [0.2, 0.25) is 17.8 Å². The van der Waals surface area contributed by atoms with Gasteiger partial charge in [0.25, 0.3) is 0 Å². The minimum atomic E-state index is 0.326. The fourth-order valence-electron chi connectivity index (χ4n) is 1.56. The van der Waals surface area contributed by atoms with Crippen LogP contribution in [0.15, 0.2) is 18.7 Å². The Bertz CT molecular complexity index is 519. The molecule has 8 nitrogen and oxygen atoms in total.